The quantitative estimate of drug-likeness (QED) is 0.808. The van der Waals surface area contributed by atoms with Gasteiger partial charge in [0.05, 0.1) is 12.1 Å². The van der Waals surface area contributed by atoms with E-state index in [2.05, 4.69) is 32.0 Å². The first-order valence-corrected chi connectivity index (χ1v) is 7.55. The van der Waals surface area contributed by atoms with Gasteiger partial charge in [0.15, 0.2) is 5.82 Å². The van der Waals surface area contributed by atoms with Gasteiger partial charge in [0.25, 0.3) is 0 Å². The van der Waals surface area contributed by atoms with Gasteiger partial charge in [-0.2, -0.15) is 0 Å². The van der Waals surface area contributed by atoms with E-state index >= 15 is 0 Å². The third kappa shape index (κ3) is 2.48. The monoisotopic (exact) mass is 296 g/mol. The van der Waals surface area contributed by atoms with Crippen molar-refractivity contribution in [2.45, 2.75) is 18.9 Å². The number of hydrogen-bond donors (Lipinski definition) is 1. The summed E-state index contributed by atoms with van der Waals surface area (Å²) in [5, 5.41) is 0. The van der Waals surface area contributed by atoms with Crippen LogP contribution in [-0.4, -0.2) is 32.9 Å². The minimum absolute atomic E-state index is 0.268. The molecular weight excluding hydrogens is 279 g/mol. The number of pyridine rings is 1. The Morgan fingerprint density at radius 1 is 1.23 bits per heavy atom. The molecule has 5 heteroatoms. The smallest absolute Gasteiger partial charge is 0.151 e. The van der Waals surface area contributed by atoms with Crippen molar-refractivity contribution in [3.63, 3.8) is 0 Å². The van der Waals surface area contributed by atoms with Crippen LogP contribution in [0.3, 0.4) is 0 Å². The number of halogens is 1. The number of hydrogen-bond acceptors (Lipinski definition) is 3. The normalized spacial score (nSPS) is 19.0. The molecule has 1 saturated heterocycles. The van der Waals surface area contributed by atoms with Crippen molar-refractivity contribution in [2.75, 3.05) is 13.1 Å². The maximum Gasteiger partial charge on any atom is 0.151 e. The standard InChI is InChI=1S/C17H17FN4/c18-14-2-1-3-15-17(14)21-16(20-15)11-22-9-6-13(10-22)12-4-7-19-8-5-12/h1-5,7-8,13H,6,9-11H2,(H,20,21). The number of aromatic nitrogens is 3. The van der Waals surface area contributed by atoms with Crippen molar-refractivity contribution in [1.82, 2.24) is 19.9 Å². The molecule has 0 bridgehead atoms. The summed E-state index contributed by atoms with van der Waals surface area (Å²) in [4.78, 5) is 14.0. The Bertz CT molecular complexity index is 784. The molecule has 4 rings (SSSR count). The lowest BCUT2D eigenvalue weighted by Crippen LogP contribution is -2.20. The molecule has 2 aromatic heterocycles. The van der Waals surface area contributed by atoms with E-state index in [1.807, 2.05) is 18.5 Å². The van der Waals surface area contributed by atoms with Crippen molar-refractivity contribution in [2.24, 2.45) is 0 Å². The number of benzene rings is 1. The van der Waals surface area contributed by atoms with Crippen LogP contribution < -0.4 is 0 Å². The molecule has 0 amide bonds. The molecule has 112 valence electrons. The highest BCUT2D eigenvalue weighted by atomic mass is 19.1. The van der Waals surface area contributed by atoms with E-state index in [0.717, 1.165) is 37.4 Å². The molecule has 3 heterocycles. The first-order valence-electron chi connectivity index (χ1n) is 7.55. The van der Waals surface area contributed by atoms with Gasteiger partial charge >= 0.3 is 0 Å². The Morgan fingerprint density at radius 3 is 2.91 bits per heavy atom. The Hall–Kier alpha value is -2.27. The van der Waals surface area contributed by atoms with Crippen molar-refractivity contribution in [3.05, 3.63) is 59.9 Å². The van der Waals surface area contributed by atoms with Gasteiger partial charge in [-0.25, -0.2) is 9.37 Å². The van der Waals surface area contributed by atoms with E-state index in [9.17, 15) is 4.39 Å². The van der Waals surface area contributed by atoms with Crippen molar-refractivity contribution in [1.29, 1.82) is 0 Å². The SMILES string of the molecule is Fc1cccc2[nH]c(CN3CCC(c4ccncc4)C3)nc12. The number of fused-ring (bicyclic) bond motifs is 1. The molecule has 1 N–H and O–H groups in total. The van der Waals surface area contributed by atoms with Gasteiger partial charge in [-0.15, -0.1) is 0 Å². The van der Waals surface area contributed by atoms with Crippen molar-refractivity contribution >= 4 is 11.0 Å². The molecule has 0 spiro atoms. The van der Waals surface area contributed by atoms with Crippen LogP contribution in [0.25, 0.3) is 11.0 Å². The van der Waals surface area contributed by atoms with Crippen molar-refractivity contribution < 1.29 is 4.39 Å². The summed E-state index contributed by atoms with van der Waals surface area (Å²) in [5.74, 6) is 1.11. The number of imidazole rings is 1. The van der Waals surface area contributed by atoms with Crippen LogP contribution in [-0.2, 0) is 6.54 Å². The van der Waals surface area contributed by atoms with Crippen LogP contribution in [0.1, 0.15) is 23.7 Å². The number of nitrogens with one attached hydrogen (secondary N) is 1. The van der Waals surface area contributed by atoms with E-state index < -0.39 is 0 Å². The van der Waals surface area contributed by atoms with Gasteiger partial charge in [-0.05, 0) is 48.7 Å². The van der Waals surface area contributed by atoms with Crippen LogP contribution in [0, 0.1) is 5.82 Å². The number of H-pyrrole nitrogens is 1. The zero-order valence-electron chi connectivity index (χ0n) is 12.2. The topological polar surface area (TPSA) is 44.8 Å². The number of para-hydroxylation sites is 1. The van der Waals surface area contributed by atoms with Crippen LogP contribution in [0.5, 0.6) is 0 Å². The Kier molecular flexibility index (Phi) is 3.35. The maximum absolute atomic E-state index is 13.7. The number of aromatic amines is 1. The van der Waals surface area contributed by atoms with Crippen LogP contribution in [0.4, 0.5) is 4.39 Å². The molecular formula is C17H17FN4. The lowest BCUT2D eigenvalue weighted by Gasteiger charge is -2.14. The molecule has 1 aromatic carbocycles. The number of nitrogens with zero attached hydrogens (tertiary/aromatic N) is 3. The lowest BCUT2D eigenvalue weighted by molar-refractivity contribution is 0.319. The third-order valence-corrected chi connectivity index (χ3v) is 4.34. The molecule has 1 aliphatic rings. The summed E-state index contributed by atoms with van der Waals surface area (Å²) in [6.45, 7) is 2.77. The van der Waals surface area contributed by atoms with Crippen molar-refractivity contribution in [3.8, 4) is 0 Å². The predicted octanol–water partition coefficient (Wildman–Crippen LogP) is 3.09. The molecule has 0 aliphatic carbocycles. The lowest BCUT2D eigenvalue weighted by atomic mass is 10.00. The maximum atomic E-state index is 13.7. The molecule has 1 aliphatic heterocycles. The van der Waals surface area contributed by atoms with Gasteiger partial charge in [0, 0.05) is 18.9 Å². The second-order valence-electron chi connectivity index (χ2n) is 5.82. The van der Waals surface area contributed by atoms with Gasteiger partial charge in [-0.3, -0.25) is 9.88 Å². The fourth-order valence-electron chi connectivity index (χ4n) is 3.22. The third-order valence-electron chi connectivity index (χ3n) is 4.34. The highest BCUT2D eigenvalue weighted by Crippen LogP contribution is 2.27. The van der Waals surface area contributed by atoms with Crippen LogP contribution in [0.2, 0.25) is 0 Å². The van der Waals surface area contributed by atoms with Gasteiger partial charge in [0.1, 0.15) is 11.3 Å². The summed E-state index contributed by atoms with van der Waals surface area (Å²) in [5.41, 5.74) is 2.54. The largest absolute Gasteiger partial charge is 0.341 e. The second-order valence-corrected chi connectivity index (χ2v) is 5.82. The summed E-state index contributed by atoms with van der Waals surface area (Å²) >= 11 is 0. The van der Waals surface area contributed by atoms with Crippen LogP contribution >= 0.6 is 0 Å². The zero-order chi connectivity index (χ0) is 14.9. The fourth-order valence-corrected chi connectivity index (χ4v) is 3.22. The van der Waals surface area contributed by atoms with Gasteiger partial charge < -0.3 is 4.98 Å². The molecule has 1 fully saturated rings. The van der Waals surface area contributed by atoms with E-state index in [1.54, 1.807) is 6.07 Å². The molecule has 0 saturated carbocycles. The molecule has 3 aromatic rings. The molecule has 1 atom stereocenters. The Labute approximate surface area is 128 Å². The summed E-state index contributed by atoms with van der Waals surface area (Å²) in [6.07, 6.45) is 4.83. The Morgan fingerprint density at radius 2 is 2.09 bits per heavy atom. The summed E-state index contributed by atoms with van der Waals surface area (Å²) in [7, 11) is 0. The van der Waals surface area contributed by atoms with Gasteiger partial charge in [-0.1, -0.05) is 6.07 Å². The minimum atomic E-state index is -0.268. The highest BCUT2D eigenvalue weighted by molar-refractivity contribution is 5.75. The highest BCUT2D eigenvalue weighted by Gasteiger charge is 2.24. The average Bonchev–Trinajstić information content (AvgIpc) is 3.16. The predicted molar refractivity (Wildman–Crippen MR) is 82.9 cm³/mol. The first kappa shape index (κ1) is 13.4. The Balaban J connectivity index is 1.48. The minimum Gasteiger partial charge on any atom is -0.341 e. The van der Waals surface area contributed by atoms with E-state index in [1.165, 1.54) is 11.6 Å². The fraction of sp³-hybridized carbons (Fsp3) is 0.294. The molecule has 4 nitrogen and oxygen atoms in total. The number of likely N-dealkylation sites (tertiary alicyclic amines) is 1. The van der Waals surface area contributed by atoms with E-state index in [4.69, 9.17) is 0 Å². The van der Waals surface area contributed by atoms with E-state index in [-0.39, 0.29) is 5.82 Å². The average molecular weight is 296 g/mol. The molecule has 0 radical (unpaired) electrons. The summed E-state index contributed by atoms with van der Waals surface area (Å²) < 4.78 is 13.7. The molecule has 22 heavy (non-hydrogen) atoms. The summed E-state index contributed by atoms with van der Waals surface area (Å²) in [6, 6.07) is 9.19. The van der Waals surface area contributed by atoms with Crippen LogP contribution in [0.15, 0.2) is 42.7 Å². The van der Waals surface area contributed by atoms with E-state index in [0.29, 0.717) is 11.4 Å². The second kappa shape index (κ2) is 5.50. The van der Waals surface area contributed by atoms with Gasteiger partial charge in [0.2, 0.25) is 0 Å². The first-order chi connectivity index (χ1) is 10.8. The zero-order valence-corrected chi connectivity index (χ0v) is 12.2. The number of rotatable bonds is 3. The molecule has 1 unspecified atom stereocenters.